The molecule has 0 aliphatic heterocycles. The zero-order chi connectivity index (χ0) is 11.5. The molecule has 1 rings (SSSR count). The van der Waals surface area contributed by atoms with Crippen LogP contribution in [0.2, 0.25) is 0 Å². The largest absolute Gasteiger partial charge is 0.416 e. The van der Waals surface area contributed by atoms with Gasteiger partial charge < -0.3 is 4.79 Å². The standard InChI is InChI=1S/C10H8F4O/c11-9-6-8(10(12,13)14)4-3-7(9)2-1-5-15/h3-6H,1-2H2. The van der Waals surface area contributed by atoms with Gasteiger partial charge in [-0.15, -0.1) is 0 Å². The average molecular weight is 220 g/mol. The van der Waals surface area contributed by atoms with Crippen molar-refractivity contribution < 1.29 is 22.4 Å². The van der Waals surface area contributed by atoms with Crippen molar-refractivity contribution in [3.63, 3.8) is 0 Å². The Kier molecular flexibility index (Phi) is 3.44. The Morgan fingerprint density at radius 2 is 1.93 bits per heavy atom. The van der Waals surface area contributed by atoms with Crippen molar-refractivity contribution in [3.05, 3.63) is 35.1 Å². The molecule has 82 valence electrons. The molecule has 5 heteroatoms. The Hall–Kier alpha value is -1.39. The number of benzene rings is 1. The van der Waals surface area contributed by atoms with E-state index in [9.17, 15) is 22.4 Å². The fraction of sp³-hybridized carbons (Fsp3) is 0.300. The van der Waals surface area contributed by atoms with Crippen LogP contribution in [0.5, 0.6) is 0 Å². The third kappa shape index (κ3) is 3.04. The lowest BCUT2D eigenvalue weighted by Crippen LogP contribution is -2.06. The lowest BCUT2D eigenvalue weighted by Gasteiger charge is -2.08. The summed E-state index contributed by atoms with van der Waals surface area (Å²) in [5.41, 5.74) is -0.898. The van der Waals surface area contributed by atoms with Crippen molar-refractivity contribution in [2.24, 2.45) is 0 Å². The number of aryl methyl sites for hydroxylation is 1. The molecule has 1 nitrogen and oxygen atoms in total. The Morgan fingerprint density at radius 1 is 1.27 bits per heavy atom. The van der Waals surface area contributed by atoms with E-state index in [-0.39, 0.29) is 18.4 Å². The summed E-state index contributed by atoms with van der Waals surface area (Å²) < 4.78 is 49.5. The third-order valence-electron chi connectivity index (χ3n) is 1.91. The van der Waals surface area contributed by atoms with E-state index in [1.54, 1.807) is 0 Å². The summed E-state index contributed by atoms with van der Waals surface area (Å²) in [6.07, 6.45) is -3.73. The zero-order valence-corrected chi connectivity index (χ0v) is 7.64. The molecule has 15 heavy (non-hydrogen) atoms. The highest BCUT2D eigenvalue weighted by Gasteiger charge is 2.30. The van der Waals surface area contributed by atoms with Gasteiger partial charge in [-0.05, 0) is 24.1 Å². The molecule has 0 aromatic heterocycles. The Labute approximate surface area is 83.7 Å². The van der Waals surface area contributed by atoms with E-state index in [1.807, 2.05) is 0 Å². The summed E-state index contributed by atoms with van der Waals surface area (Å²) in [6, 6.07) is 2.31. The maximum Gasteiger partial charge on any atom is 0.416 e. The molecule has 0 radical (unpaired) electrons. The Balaban J connectivity index is 2.93. The van der Waals surface area contributed by atoms with E-state index in [2.05, 4.69) is 0 Å². The number of alkyl halides is 3. The second kappa shape index (κ2) is 4.42. The highest BCUT2D eigenvalue weighted by Crippen LogP contribution is 2.30. The lowest BCUT2D eigenvalue weighted by atomic mass is 10.1. The monoisotopic (exact) mass is 220 g/mol. The molecule has 0 heterocycles. The molecule has 0 amide bonds. The topological polar surface area (TPSA) is 17.1 Å². The predicted octanol–water partition coefficient (Wildman–Crippen LogP) is 2.98. The predicted molar refractivity (Wildman–Crippen MR) is 45.8 cm³/mol. The highest BCUT2D eigenvalue weighted by atomic mass is 19.4. The molecule has 1 aromatic rings. The van der Waals surface area contributed by atoms with Gasteiger partial charge in [-0.2, -0.15) is 13.2 Å². The van der Waals surface area contributed by atoms with Gasteiger partial charge in [0.2, 0.25) is 0 Å². The zero-order valence-electron chi connectivity index (χ0n) is 7.64. The van der Waals surface area contributed by atoms with Crippen LogP contribution in [0.3, 0.4) is 0 Å². The van der Waals surface area contributed by atoms with E-state index in [1.165, 1.54) is 0 Å². The number of halogens is 4. The van der Waals surface area contributed by atoms with Crippen molar-refractivity contribution in [2.75, 3.05) is 0 Å². The van der Waals surface area contributed by atoms with Gasteiger partial charge in [-0.25, -0.2) is 4.39 Å². The first-order chi connectivity index (χ1) is 6.95. The first kappa shape index (κ1) is 11.7. The maximum absolute atomic E-state index is 13.1. The van der Waals surface area contributed by atoms with E-state index in [0.717, 1.165) is 12.1 Å². The van der Waals surface area contributed by atoms with Gasteiger partial charge in [-0.1, -0.05) is 6.07 Å². The molecule has 0 fully saturated rings. The van der Waals surface area contributed by atoms with Crippen LogP contribution in [-0.4, -0.2) is 6.29 Å². The number of hydrogen-bond acceptors (Lipinski definition) is 1. The lowest BCUT2D eigenvalue weighted by molar-refractivity contribution is -0.137. The van der Waals surface area contributed by atoms with Crippen molar-refractivity contribution in [2.45, 2.75) is 19.0 Å². The summed E-state index contributed by atoms with van der Waals surface area (Å²) in [4.78, 5) is 10.0. The van der Waals surface area contributed by atoms with Crippen molar-refractivity contribution in [3.8, 4) is 0 Å². The second-order valence-electron chi connectivity index (χ2n) is 3.01. The molecule has 0 spiro atoms. The first-order valence-electron chi connectivity index (χ1n) is 4.24. The summed E-state index contributed by atoms with van der Waals surface area (Å²) in [5, 5.41) is 0. The summed E-state index contributed by atoms with van der Waals surface area (Å²) >= 11 is 0. The average Bonchev–Trinajstić information content (AvgIpc) is 2.14. The molecular weight excluding hydrogens is 212 g/mol. The molecule has 0 aliphatic rings. The molecule has 0 unspecified atom stereocenters. The number of aldehydes is 1. The van der Waals surface area contributed by atoms with Gasteiger partial charge in [-0.3, -0.25) is 0 Å². The molecule has 0 saturated heterocycles. The fourth-order valence-electron chi connectivity index (χ4n) is 1.14. The van der Waals surface area contributed by atoms with Gasteiger partial charge in [0.05, 0.1) is 5.56 Å². The van der Waals surface area contributed by atoms with E-state index < -0.39 is 17.6 Å². The molecule has 0 saturated carbocycles. The van der Waals surface area contributed by atoms with E-state index >= 15 is 0 Å². The third-order valence-corrected chi connectivity index (χ3v) is 1.91. The smallest absolute Gasteiger partial charge is 0.303 e. The summed E-state index contributed by atoms with van der Waals surface area (Å²) in [5.74, 6) is -0.924. The quantitative estimate of drug-likeness (QED) is 0.565. The second-order valence-corrected chi connectivity index (χ2v) is 3.01. The van der Waals surface area contributed by atoms with Crippen molar-refractivity contribution >= 4 is 6.29 Å². The fourth-order valence-corrected chi connectivity index (χ4v) is 1.14. The number of carbonyl (C=O) groups excluding carboxylic acids is 1. The molecular formula is C10H8F4O. The molecule has 0 bridgehead atoms. The van der Waals surface area contributed by atoms with E-state index in [4.69, 9.17) is 0 Å². The van der Waals surface area contributed by atoms with Crippen LogP contribution >= 0.6 is 0 Å². The summed E-state index contributed by atoms with van der Waals surface area (Å²) in [7, 11) is 0. The normalized spacial score (nSPS) is 11.5. The van der Waals surface area contributed by atoms with Crippen LogP contribution in [0, 0.1) is 5.82 Å². The van der Waals surface area contributed by atoms with Crippen LogP contribution in [0.1, 0.15) is 17.5 Å². The van der Waals surface area contributed by atoms with Gasteiger partial charge in [0.25, 0.3) is 0 Å². The van der Waals surface area contributed by atoms with Crippen LogP contribution in [0.25, 0.3) is 0 Å². The first-order valence-corrected chi connectivity index (χ1v) is 4.24. The van der Waals surface area contributed by atoms with Crippen LogP contribution in [0.4, 0.5) is 17.6 Å². The van der Waals surface area contributed by atoms with Crippen LogP contribution in [0.15, 0.2) is 18.2 Å². The highest BCUT2D eigenvalue weighted by molar-refractivity contribution is 5.50. The van der Waals surface area contributed by atoms with Gasteiger partial charge in [0, 0.05) is 6.42 Å². The Morgan fingerprint density at radius 3 is 2.40 bits per heavy atom. The maximum atomic E-state index is 13.1. The van der Waals surface area contributed by atoms with Gasteiger partial charge >= 0.3 is 6.18 Å². The number of carbonyl (C=O) groups is 1. The number of hydrogen-bond donors (Lipinski definition) is 0. The SMILES string of the molecule is O=CCCc1ccc(C(F)(F)F)cc1F. The van der Waals surface area contributed by atoms with E-state index in [0.29, 0.717) is 12.4 Å². The molecule has 0 atom stereocenters. The summed E-state index contributed by atoms with van der Waals surface area (Å²) in [6.45, 7) is 0. The van der Waals surface area contributed by atoms with Crippen LogP contribution in [-0.2, 0) is 17.4 Å². The minimum absolute atomic E-state index is 0.0995. The molecule has 1 aromatic carbocycles. The van der Waals surface area contributed by atoms with Gasteiger partial charge in [0.1, 0.15) is 12.1 Å². The molecule has 0 aliphatic carbocycles. The van der Waals surface area contributed by atoms with Crippen LogP contribution < -0.4 is 0 Å². The Bertz CT molecular complexity index is 357. The minimum atomic E-state index is -4.54. The minimum Gasteiger partial charge on any atom is -0.303 e. The van der Waals surface area contributed by atoms with Crippen molar-refractivity contribution in [1.29, 1.82) is 0 Å². The number of rotatable bonds is 3. The van der Waals surface area contributed by atoms with Gasteiger partial charge in [0.15, 0.2) is 0 Å². The van der Waals surface area contributed by atoms with Crippen molar-refractivity contribution in [1.82, 2.24) is 0 Å². The molecule has 0 N–H and O–H groups in total.